The van der Waals surface area contributed by atoms with Crippen LogP contribution < -0.4 is 5.73 Å². The van der Waals surface area contributed by atoms with Crippen LogP contribution in [0.25, 0.3) is 0 Å². The maximum Gasteiger partial charge on any atom is 0.416 e. The number of hydrogen-bond donors (Lipinski definition) is 1. The van der Waals surface area contributed by atoms with Crippen LogP contribution in [0.4, 0.5) is 13.2 Å². The van der Waals surface area contributed by atoms with Crippen molar-refractivity contribution in [3.8, 4) is 0 Å². The van der Waals surface area contributed by atoms with Gasteiger partial charge in [0.1, 0.15) is 0 Å². The van der Waals surface area contributed by atoms with Gasteiger partial charge in [-0.25, -0.2) is 0 Å². The molecule has 1 atom stereocenters. The summed E-state index contributed by atoms with van der Waals surface area (Å²) in [6.07, 6.45) is -2.28. The zero-order valence-corrected chi connectivity index (χ0v) is 14.6. The van der Waals surface area contributed by atoms with E-state index < -0.39 is 11.7 Å². The van der Waals surface area contributed by atoms with Gasteiger partial charge in [-0.05, 0) is 37.5 Å². The number of amides is 1. The van der Waals surface area contributed by atoms with Crippen LogP contribution >= 0.6 is 0 Å². The summed E-state index contributed by atoms with van der Waals surface area (Å²) in [7, 11) is 0. The number of benzene rings is 1. The molecule has 25 heavy (non-hydrogen) atoms. The van der Waals surface area contributed by atoms with Gasteiger partial charge >= 0.3 is 6.18 Å². The van der Waals surface area contributed by atoms with Crippen molar-refractivity contribution in [1.82, 2.24) is 9.80 Å². The molecule has 2 N–H and O–H groups in total. The fourth-order valence-corrected chi connectivity index (χ4v) is 2.95. The molecule has 4 nitrogen and oxygen atoms in total. The molecule has 2 rings (SSSR count). The van der Waals surface area contributed by atoms with Crippen LogP contribution in [-0.2, 0) is 17.5 Å². The van der Waals surface area contributed by atoms with Crippen molar-refractivity contribution in [2.75, 3.05) is 26.2 Å². The van der Waals surface area contributed by atoms with Gasteiger partial charge in [0, 0.05) is 45.2 Å². The molecule has 0 aliphatic carbocycles. The van der Waals surface area contributed by atoms with E-state index in [1.54, 1.807) is 0 Å². The van der Waals surface area contributed by atoms with E-state index in [-0.39, 0.29) is 11.9 Å². The van der Waals surface area contributed by atoms with Gasteiger partial charge in [0.05, 0.1) is 5.56 Å². The van der Waals surface area contributed by atoms with Crippen LogP contribution in [0.5, 0.6) is 0 Å². The van der Waals surface area contributed by atoms with Crippen molar-refractivity contribution < 1.29 is 18.0 Å². The van der Waals surface area contributed by atoms with Gasteiger partial charge in [-0.2, -0.15) is 13.2 Å². The molecule has 140 valence electrons. The number of nitrogens with two attached hydrogens (primary N) is 1. The lowest BCUT2D eigenvalue weighted by Crippen LogP contribution is -2.35. The standard InChI is InChI=1S/C18H26F3N3O/c1-14(22)3-8-17(25)24-10-2-9-23(11-12-24)13-15-4-6-16(7-5-15)18(19,20)21/h4-7,14H,2-3,8-13,22H2,1H3. The van der Waals surface area contributed by atoms with E-state index in [2.05, 4.69) is 4.90 Å². The molecule has 7 heteroatoms. The molecule has 0 saturated carbocycles. The lowest BCUT2D eigenvalue weighted by Gasteiger charge is -2.22. The van der Waals surface area contributed by atoms with E-state index in [1.165, 1.54) is 12.1 Å². The SMILES string of the molecule is CC(N)CCC(=O)N1CCCN(Cc2ccc(C(F)(F)F)cc2)CC1. The third-order valence-electron chi connectivity index (χ3n) is 4.44. The first-order valence-corrected chi connectivity index (χ1v) is 8.67. The normalized spacial score (nSPS) is 18.0. The Kier molecular flexibility index (Phi) is 6.84. The molecule has 1 aromatic carbocycles. The fourth-order valence-electron chi connectivity index (χ4n) is 2.95. The van der Waals surface area contributed by atoms with Crippen molar-refractivity contribution in [2.45, 2.75) is 44.9 Å². The molecule has 1 unspecified atom stereocenters. The highest BCUT2D eigenvalue weighted by atomic mass is 19.4. The van der Waals surface area contributed by atoms with Gasteiger partial charge in [0.2, 0.25) is 5.91 Å². The van der Waals surface area contributed by atoms with Crippen LogP contribution in [0, 0.1) is 0 Å². The zero-order chi connectivity index (χ0) is 18.4. The Bertz CT molecular complexity index is 558. The Labute approximate surface area is 146 Å². The third kappa shape index (κ3) is 6.32. The topological polar surface area (TPSA) is 49.6 Å². The van der Waals surface area contributed by atoms with Crippen LogP contribution in [0.2, 0.25) is 0 Å². The Morgan fingerprint density at radius 1 is 1.16 bits per heavy atom. The lowest BCUT2D eigenvalue weighted by molar-refractivity contribution is -0.137. The largest absolute Gasteiger partial charge is 0.416 e. The van der Waals surface area contributed by atoms with Crippen LogP contribution in [-0.4, -0.2) is 47.9 Å². The molecule has 0 spiro atoms. The number of carbonyl (C=O) groups is 1. The van der Waals surface area contributed by atoms with E-state index in [0.717, 1.165) is 43.8 Å². The summed E-state index contributed by atoms with van der Waals surface area (Å²) in [6.45, 7) is 5.42. The van der Waals surface area contributed by atoms with E-state index in [0.29, 0.717) is 25.9 Å². The van der Waals surface area contributed by atoms with E-state index in [4.69, 9.17) is 5.73 Å². The van der Waals surface area contributed by atoms with Gasteiger partial charge in [-0.1, -0.05) is 12.1 Å². The number of alkyl halides is 3. The third-order valence-corrected chi connectivity index (χ3v) is 4.44. The lowest BCUT2D eigenvalue weighted by atomic mass is 10.1. The summed E-state index contributed by atoms with van der Waals surface area (Å²) in [6, 6.07) is 5.32. The summed E-state index contributed by atoms with van der Waals surface area (Å²) in [4.78, 5) is 16.2. The van der Waals surface area contributed by atoms with Crippen LogP contribution in [0.1, 0.15) is 37.3 Å². The molecule has 1 aliphatic heterocycles. The maximum absolute atomic E-state index is 12.6. The molecule has 1 amide bonds. The summed E-state index contributed by atoms with van der Waals surface area (Å²) in [5.74, 6) is 0.133. The second kappa shape index (κ2) is 8.67. The second-order valence-corrected chi connectivity index (χ2v) is 6.72. The molecule has 0 radical (unpaired) electrons. The molecule has 0 bridgehead atoms. The smallest absolute Gasteiger partial charge is 0.341 e. The number of hydrogen-bond acceptors (Lipinski definition) is 3. The molecule has 1 fully saturated rings. The van der Waals surface area contributed by atoms with Crippen molar-refractivity contribution in [1.29, 1.82) is 0 Å². The molecular weight excluding hydrogens is 331 g/mol. The summed E-state index contributed by atoms with van der Waals surface area (Å²) < 4.78 is 37.8. The second-order valence-electron chi connectivity index (χ2n) is 6.72. The van der Waals surface area contributed by atoms with E-state index in [9.17, 15) is 18.0 Å². The number of rotatable bonds is 5. The number of nitrogens with zero attached hydrogens (tertiary/aromatic N) is 2. The van der Waals surface area contributed by atoms with E-state index >= 15 is 0 Å². The fraction of sp³-hybridized carbons (Fsp3) is 0.611. The average Bonchev–Trinajstić information content (AvgIpc) is 2.78. The van der Waals surface area contributed by atoms with Gasteiger partial charge in [0.15, 0.2) is 0 Å². The number of carbonyl (C=O) groups excluding carboxylic acids is 1. The predicted octanol–water partition coefficient (Wildman–Crippen LogP) is 2.87. The molecule has 1 heterocycles. The maximum atomic E-state index is 12.6. The molecule has 1 aliphatic rings. The van der Waals surface area contributed by atoms with Crippen molar-refractivity contribution in [3.63, 3.8) is 0 Å². The molecule has 0 aromatic heterocycles. The van der Waals surface area contributed by atoms with Crippen LogP contribution in [0.3, 0.4) is 0 Å². The predicted molar refractivity (Wildman–Crippen MR) is 90.8 cm³/mol. The number of halogens is 3. The summed E-state index contributed by atoms with van der Waals surface area (Å²) in [5, 5.41) is 0. The van der Waals surface area contributed by atoms with Crippen molar-refractivity contribution in [3.05, 3.63) is 35.4 Å². The highest BCUT2D eigenvalue weighted by Crippen LogP contribution is 2.29. The first kappa shape index (κ1) is 19.7. The highest BCUT2D eigenvalue weighted by molar-refractivity contribution is 5.76. The molecular formula is C18H26F3N3O. The first-order valence-electron chi connectivity index (χ1n) is 8.67. The van der Waals surface area contributed by atoms with Gasteiger partial charge < -0.3 is 10.6 Å². The minimum Gasteiger partial charge on any atom is -0.341 e. The summed E-state index contributed by atoms with van der Waals surface area (Å²) >= 11 is 0. The minimum atomic E-state index is -4.30. The highest BCUT2D eigenvalue weighted by Gasteiger charge is 2.30. The average molecular weight is 357 g/mol. The molecule has 1 aromatic rings. The van der Waals surface area contributed by atoms with Crippen molar-refractivity contribution >= 4 is 5.91 Å². The molecule has 1 saturated heterocycles. The van der Waals surface area contributed by atoms with E-state index in [1.807, 2.05) is 11.8 Å². The van der Waals surface area contributed by atoms with Gasteiger partial charge in [-0.3, -0.25) is 9.69 Å². The Balaban J connectivity index is 1.85. The van der Waals surface area contributed by atoms with Gasteiger partial charge in [0.25, 0.3) is 0 Å². The zero-order valence-electron chi connectivity index (χ0n) is 14.6. The van der Waals surface area contributed by atoms with Crippen molar-refractivity contribution in [2.24, 2.45) is 5.73 Å². The van der Waals surface area contributed by atoms with Gasteiger partial charge in [-0.15, -0.1) is 0 Å². The van der Waals surface area contributed by atoms with Crippen LogP contribution in [0.15, 0.2) is 24.3 Å². The monoisotopic (exact) mass is 357 g/mol. The quantitative estimate of drug-likeness (QED) is 0.882. The summed E-state index contributed by atoms with van der Waals surface area (Å²) in [5.41, 5.74) is 5.92. The Hall–Kier alpha value is -1.60. The Morgan fingerprint density at radius 3 is 2.44 bits per heavy atom. The first-order chi connectivity index (χ1) is 11.8. The minimum absolute atomic E-state index is 0.0205. The Morgan fingerprint density at radius 2 is 1.84 bits per heavy atom.